The number of carbonyl (C=O) groups excluding carboxylic acids is 1. The van der Waals surface area contributed by atoms with E-state index in [0.29, 0.717) is 25.4 Å². The summed E-state index contributed by atoms with van der Waals surface area (Å²) in [5.74, 6) is 0.364. The lowest BCUT2D eigenvalue weighted by molar-refractivity contribution is -0.138. The maximum Gasteiger partial charge on any atom is 0.417 e. The molecule has 0 unspecified atom stereocenters. The SMILES string of the molecule is O=C(Cn1cc(C(F)(F)F)ccc1=O)NC[C@H]1COc2ccccc2C1. The van der Waals surface area contributed by atoms with Crippen LogP contribution in [0.15, 0.2) is 47.4 Å². The number of rotatable bonds is 4. The van der Waals surface area contributed by atoms with Gasteiger partial charge in [-0.05, 0) is 24.1 Å². The summed E-state index contributed by atoms with van der Waals surface area (Å²) >= 11 is 0. The van der Waals surface area contributed by atoms with Gasteiger partial charge in [-0.25, -0.2) is 0 Å². The molecule has 3 rings (SSSR count). The van der Waals surface area contributed by atoms with Crippen molar-refractivity contribution in [1.82, 2.24) is 9.88 Å². The molecule has 0 fully saturated rings. The number of carbonyl (C=O) groups is 1. The Morgan fingerprint density at radius 3 is 2.77 bits per heavy atom. The average molecular weight is 366 g/mol. The Labute approximate surface area is 147 Å². The molecule has 138 valence electrons. The van der Waals surface area contributed by atoms with Gasteiger partial charge in [0.25, 0.3) is 5.56 Å². The highest BCUT2D eigenvalue weighted by molar-refractivity contribution is 5.75. The second-order valence-electron chi connectivity index (χ2n) is 6.17. The Morgan fingerprint density at radius 1 is 1.23 bits per heavy atom. The van der Waals surface area contributed by atoms with E-state index in [9.17, 15) is 22.8 Å². The van der Waals surface area contributed by atoms with E-state index in [0.717, 1.165) is 28.4 Å². The molecule has 1 atom stereocenters. The largest absolute Gasteiger partial charge is 0.493 e. The smallest absolute Gasteiger partial charge is 0.417 e. The van der Waals surface area contributed by atoms with Crippen molar-refractivity contribution < 1.29 is 22.7 Å². The van der Waals surface area contributed by atoms with Gasteiger partial charge in [-0.15, -0.1) is 0 Å². The number of nitrogens with one attached hydrogen (secondary N) is 1. The number of pyridine rings is 1. The molecule has 0 saturated carbocycles. The van der Waals surface area contributed by atoms with E-state index < -0.39 is 29.8 Å². The third-order valence-corrected chi connectivity index (χ3v) is 4.17. The molecule has 0 saturated heterocycles. The van der Waals surface area contributed by atoms with E-state index in [2.05, 4.69) is 5.32 Å². The summed E-state index contributed by atoms with van der Waals surface area (Å²) < 4.78 is 44.5. The molecule has 0 bridgehead atoms. The van der Waals surface area contributed by atoms with Crippen LogP contribution in [0.5, 0.6) is 5.75 Å². The number of ether oxygens (including phenoxy) is 1. The minimum absolute atomic E-state index is 0.0621. The Balaban J connectivity index is 1.58. The number of nitrogens with zero attached hydrogens (tertiary/aromatic N) is 1. The van der Waals surface area contributed by atoms with Crippen LogP contribution in [0, 0.1) is 5.92 Å². The number of benzene rings is 1. The van der Waals surface area contributed by atoms with Crippen LogP contribution in [0.4, 0.5) is 13.2 Å². The number of amides is 1. The van der Waals surface area contributed by atoms with Crippen LogP contribution in [-0.4, -0.2) is 23.6 Å². The van der Waals surface area contributed by atoms with Crippen LogP contribution in [0.3, 0.4) is 0 Å². The fourth-order valence-electron chi connectivity index (χ4n) is 2.81. The van der Waals surface area contributed by atoms with Crippen LogP contribution >= 0.6 is 0 Å². The van der Waals surface area contributed by atoms with Crippen molar-refractivity contribution >= 4 is 5.91 Å². The molecular formula is C18H17F3N2O3. The van der Waals surface area contributed by atoms with Crippen LogP contribution in [0.25, 0.3) is 0 Å². The lowest BCUT2D eigenvalue weighted by atomic mass is 9.97. The molecule has 5 nitrogen and oxygen atoms in total. The Bertz CT molecular complexity index is 861. The fourth-order valence-corrected chi connectivity index (χ4v) is 2.81. The van der Waals surface area contributed by atoms with Crippen molar-refractivity contribution in [3.63, 3.8) is 0 Å². The van der Waals surface area contributed by atoms with E-state index in [1.54, 1.807) is 0 Å². The first-order valence-corrected chi connectivity index (χ1v) is 8.08. The number of aromatic nitrogens is 1. The first kappa shape index (κ1) is 18.0. The molecule has 1 aromatic heterocycles. The summed E-state index contributed by atoms with van der Waals surface area (Å²) in [7, 11) is 0. The van der Waals surface area contributed by atoms with Gasteiger partial charge >= 0.3 is 6.18 Å². The minimum Gasteiger partial charge on any atom is -0.493 e. The van der Waals surface area contributed by atoms with Crippen molar-refractivity contribution in [2.24, 2.45) is 5.92 Å². The molecule has 0 spiro atoms. The minimum atomic E-state index is -4.57. The molecule has 26 heavy (non-hydrogen) atoms. The van der Waals surface area contributed by atoms with Crippen LogP contribution in [-0.2, 0) is 23.9 Å². The zero-order chi connectivity index (χ0) is 18.7. The predicted octanol–water partition coefficient (Wildman–Crippen LogP) is 2.23. The maximum atomic E-state index is 12.7. The average Bonchev–Trinajstić information content (AvgIpc) is 2.60. The number of para-hydroxylation sites is 1. The standard InChI is InChI=1S/C18H17F3N2O3/c19-18(20,21)14-5-6-17(25)23(9-14)10-16(24)22-8-12-7-13-3-1-2-4-15(13)26-11-12/h1-6,9,12H,7-8,10-11H2,(H,22,24)/t12-/m0/s1. The Morgan fingerprint density at radius 2 is 2.00 bits per heavy atom. The predicted molar refractivity (Wildman–Crippen MR) is 87.8 cm³/mol. The van der Waals surface area contributed by atoms with E-state index in [4.69, 9.17) is 4.74 Å². The lowest BCUT2D eigenvalue weighted by Crippen LogP contribution is -2.38. The first-order chi connectivity index (χ1) is 12.3. The topological polar surface area (TPSA) is 60.3 Å². The van der Waals surface area contributed by atoms with Gasteiger partial charge < -0.3 is 14.6 Å². The van der Waals surface area contributed by atoms with Gasteiger partial charge in [-0.2, -0.15) is 13.2 Å². The number of halogens is 3. The van der Waals surface area contributed by atoms with E-state index in [-0.39, 0.29) is 5.92 Å². The van der Waals surface area contributed by atoms with Crippen molar-refractivity contribution in [2.45, 2.75) is 19.1 Å². The first-order valence-electron chi connectivity index (χ1n) is 8.08. The van der Waals surface area contributed by atoms with Crippen molar-refractivity contribution in [2.75, 3.05) is 13.2 Å². The summed E-state index contributed by atoms with van der Waals surface area (Å²) in [6, 6.07) is 9.13. The number of hydrogen-bond donors (Lipinski definition) is 1. The van der Waals surface area contributed by atoms with Gasteiger partial charge in [-0.1, -0.05) is 18.2 Å². The quantitative estimate of drug-likeness (QED) is 0.903. The molecule has 1 amide bonds. The third kappa shape index (κ3) is 4.25. The van der Waals surface area contributed by atoms with Gasteiger partial charge in [0.1, 0.15) is 12.3 Å². The fraction of sp³-hybridized carbons (Fsp3) is 0.333. The zero-order valence-electron chi connectivity index (χ0n) is 13.8. The Hall–Kier alpha value is -2.77. The third-order valence-electron chi connectivity index (χ3n) is 4.17. The van der Waals surface area contributed by atoms with E-state index >= 15 is 0 Å². The zero-order valence-corrected chi connectivity index (χ0v) is 13.8. The summed E-state index contributed by atoms with van der Waals surface area (Å²) in [5, 5.41) is 2.66. The molecule has 1 aliphatic heterocycles. The summed E-state index contributed by atoms with van der Waals surface area (Å²) in [5.41, 5.74) is -0.586. The number of fused-ring (bicyclic) bond motifs is 1. The molecule has 1 aromatic carbocycles. The van der Waals surface area contributed by atoms with Gasteiger partial charge in [0, 0.05) is 24.7 Å². The molecule has 8 heteroatoms. The second kappa shape index (κ2) is 7.23. The highest BCUT2D eigenvalue weighted by Gasteiger charge is 2.31. The van der Waals surface area contributed by atoms with E-state index in [1.807, 2.05) is 24.3 Å². The van der Waals surface area contributed by atoms with Gasteiger partial charge in [0.15, 0.2) is 0 Å². The summed E-state index contributed by atoms with van der Waals surface area (Å²) in [4.78, 5) is 23.7. The number of alkyl halides is 3. The highest BCUT2D eigenvalue weighted by Crippen LogP contribution is 2.28. The lowest BCUT2D eigenvalue weighted by Gasteiger charge is -2.25. The van der Waals surface area contributed by atoms with Crippen LogP contribution < -0.4 is 15.6 Å². The van der Waals surface area contributed by atoms with Crippen molar-refractivity contribution in [3.05, 3.63) is 64.1 Å². The normalized spacial score (nSPS) is 16.5. The maximum absolute atomic E-state index is 12.7. The van der Waals surface area contributed by atoms with Crippen molar-refractivity contribution in [3.8, 4) is 5.75 Å². The molecule has 2 aromatic rings. The monoisotopic (exact) mass is 366 g/mol. The van der Waals surface area contributed by atoms with Gasteiger partial charge in [0.05, 0.1) is 12.2 Å². The van der Waals surface area contributed by atoms with Crippen LogP contribution in [0.1, 0.15) is 11.1 Å². The highest BCUT2D eigenvalue weighted by atomic mass is 19.4. The molecule has 0 aliphatic carbocycles. The van der Waals surface area contributed by atoms with Gasteiger partial charge in [0.2, 0.25) is 5.91 Å². The van der Waals surface area contributed by atoms with Crippen LogP contribution in [0.2, 0.25) is 0 Å². The summed E-state index contributed by atoms with van der Waals surface area (Å²) in [6.45, 7) is 0.300. The molecule has 0 radical (unpaired) electrons. The van der Waals surface area contributed by atoms with Gasteiger partial charge in [-0.3, -0.25) is 9.59 Å². The second-order valence-corrected chi connectivity index (χ2v) is 6.17. The van der Waals surface area contributed by atoms with E-state index in [1.165, 1.54) is 0 Å². The Kier molecular flexibility index (Phi) is 5.01. The summed E-state index contributed by atoms with van der Waals surface area (Å²) in [6.07, 6.45) is -3.18. The molecule has 2 heterocycles. The molecule has 1 N–H and O–H groups in total. The molecular weight excluding hydrogens is 349 g/mol. The number of hydrogen-bond acceptors (Lipinski definition) is 3. The molecule has 1 aliphatic rings. The van der Waals surface area contributed by atoms with Crippen molar-refractivity contribution in [1.29, 1.82) is 0 Å².